The van der Waals surface area contributed by atoms with Gasteiger partial charge in [0.2, 0.25) is 0 Å². The third-order valence-electron chi connectivity index (χ3n) is 3.45. The predicted molar refractivity (Wildman–Crippen MR) is 88.5 cm³/mol. The molecule has 0 aliphatic carbocycles. The van der Waals surface area contributed by atoms with Crippen LogP contribution in [0.25, 0.3) is 0 Å². The predicted octanol–water partition coefficient (Wildman–Crippen LogP) is 3.24. The van der Waals surface area contributed by atoms with Crippen LogP contribution in [0.3, 0.4) is 0 Å². The van der Waals surface area contributed by atoms with Gasteiger partial charge >= 0.3 is 0 Å². The van der Waals surface area contributed by atoms with Gasteiger partial charge in [-0.2, -0.15) is 11.8 Å². The Bertz CT molecular complexity index is 507. The first kappa shape index (κ1) is 15.6. The summed E-state index contributed by atoms with van der Waals surface area (Å²) in [5, 5.41) is 2.99. The fourth-order valence-corrected chi connectivity index (χ4v) is 3.63. The summed E-state index contributed by atoms with van der Waals surface area (Å²) in [4.78, 5) is 18.9. The minimum Gasteiger partial charge on any atom is -0.372 e. The van der Waals surface area contributed by atoms with Gasteiger partial charge in [0.25, 0.3) is 5.91 Å². The summed E-state index contributed by atoms with van der Waals surface area (Å²) in [5.74, 6) is 1.67. The molecule has 1 amide bonds. The van der Waals surface area contributed by atoms with E-state index in [9.17, 15) is 4.79 Å². The molecule has 1 N–H and O–H groups in total. The molecule has 0 spiro atoms. The largest absolute Gasteiger partial charge is 0.372 e. The number of amides is 1. The lowest BCUT2D eigenvalue weighted by atomic mass is 10.1. The molecule has 0 bridgehead atoms. The van der Waals surface area contributed by atoms with E-state index >= 15 is 0 Å². The normalized spacial score (nSPS) is 18.5. The lowest BCUT2D eigenvalue weighted by molar-refractivity contribution is 0.0765. The molecule has 1 fully saturated rings. The Morgan fingerprint density at radius 2 is 2.25 bits per heavy atom. The number of rotatable bonds is 2. The van der Waals surface area contributed by atoms with Crippen LogP contribution >= 0.6 is 27.7 Å². The average Bonchev–Trinajstić information content (AvgIpc) is 2.59. The van der Waals surface area contributed by atoms with Gasteiger partial charge in [-0.15, -0.1) is 0 Å². The highest BCUT2D eigenvalue weighted by Crippen LogP contribution is 2.31. The third-order valence-corrected chi connectivity index (χ3v) is 5.25. The first-order chi connectivity index (χ1) is 9.43. The number of hydrogen-bond donors (Lipinski definition) is 1. The molecule has 0 atom stereocenters. The van der Waals surface area contributed by atoms with Crippen molar-refractivity contribution in [1.82, 2.24) is 9.88 Å². The zero-order valence-electron chi connectivity index (χ0n) is 12.1. The Morgan fingerprint density at radius 1 is 1.50 bits per heavy atom. The van der Waals surface area contributed by atoms with Crippen molar-refractivity contribution in [3.8, 4) is 0 Å². The van der Waals surface area contributed by atoms with E-state index in [-0.39, 0.29) is 10.7 Å². The van der Waals surface area contributed by atoms with Gasteiger partial charge in [-0.05, 0) is 28.4 Å². The van der Waals surface area contributed by atoms with Crippen LogP contribution in [0.5, 0.6) is 0 Å². The molecular formula is C14H20BrN3OS. The lowest BCUT2D eigenvalue weighted by Crippen LogP contribution is -2.34. The Morgan fingerprint density at radius 3 is 2.95 bits per heavy atom. The minimum absolute atomic E-state index is 0.0569. The minimum atomic E-state index is 0.0569. The molecule has 1 saturated heterocycles. The van der Waals surface area contributed by atoms with Crippen LogP contribution in [-0.4, -0.2) is 46.4 Å². The van der Waals surface area contributed by atoms with E-state index in [0.717, 1.165) is 29.7 Å². The van der Waals surface area contributed by atoms with Crippen LogP contribution in [0.4, 0.5) is 5.82 Å². The first-order valence-electron chi connectivity index (χ1n) is 6.69. The van der Waals surface area contributed by atoms with Crippen LogP contribution in [-0.2, 0) is 0 Å². The van der Waals surface area contributed by atoms with Gasteiger partial charge in [-0.1, -0.05) is 13.8 Å². The number of nitrogens with one attached hydrogen (secondary N) is 1. The summed E-state index contributed by atoms with van der Waals surface area (Å²) in [5.41, 5.74) is 0.631. The number of carbonyl (C=O) groups is 1. The standard InChI is InChI=1S/C14H20BrN3OS/c1-14(2)4-5-18(6-7-20-14)13(19)11-8-10(15)9-17-12(11)16-3/h8-9H,4-7H2,1-3H3,(H,16,17). The molecule has 20 heavy (non-hydrogen) atoms. The van der Waals surface area contributed by atoms with Crippen molar-refractivity contribution < 1.29 is 4.79 Å². The summed E-state index contributed by atoms with van der Waals surface area (Å²) >= 11 is 5.32. The number of carbonyl (C=O) groups excluding carboxylic acids is 1. The fraction of sp³-hybridized carbons (Fsp3) is 0.571. The van der Waals surface area contributed by atoms with E-state index in [4.69, 9.17) is 0 Å². The number of nitrogens with zero attached hydrogens (tertiary/aromatic N) is 2. The molecule has 0 saturated carbocycles. The molecule has 1 aromatic heterocycles. The smallest absolute Gasteiger partial charge is 0.257 e. The summed E-state index contributed by atoms with van der Waals surface area (Å²) in [7, 11) is 1.79. The molecule has 2 rings (SSSR count). The Kier molecular flexibility index (Phi) is 4.96. The molecule has 0 aromatic carbocycles. The van der Waals surface area contributed by atoms with Gasteiger partial charge in [-0.3, -0.25) is 4.79 Å². The van der Waals surface area contributed by atoms with Crippen molar-refractivity contribution in [2.75, 3.05) is 31.2 Å². The molecule has 2 heterocycles. The molecular weight excluding hydrogens is 338 g/mol. The highest BCUT2D eigenvalue weighted by atomic mass is 79.9. The molecule has 1 aliphatic heterocycles. The van der Waals surface area contributed by atoms with Crippen molar-refractivity contribution in [3.05, 3.63) is 22.3 Å². The number of halogens is 1. The van der Waals surface area contributed by atoms with Gasteiger partial charge in [0.1, 0.15) is 5.82 Å². The zero-order chi connectivity index (χ0) is 14.8. The molecule has 110 valence electrons. The van der Waals surface area contributed by atoms with Gasteiger partial charge in [-0.25, -0.2) is 4.98 Å². The Hall–Kier alpha value is -0.750. The number of hydrogen-bond acceptors (Lipinski definition) is 4. The lowest BCUT2D eigenvalue weighted by Gasteiger charge is -2.23. The van der Waals surface area contributed by atoms with E-state index in [1.54, 1.807) is 13.2 Å². The summed E-state index contributed by atoms with van der Waals surface area (Å²) in [6, 6.07) is 1.84. The van der Waals surface area contributed by atoms with Gasteiger partial charge in [0.05, 0.1) is 5.56 Å². The van der Waals surface area contributed by atoms with Crippen LogP contribution in [0.1, 0.15) is 30.6 Å². The topological polar surface area (TPSA) is 45.2 Å². The number of aromatic nitrogens is 1. The summed E-state index contributed by atoms with van der Waals surface area (Å²) < 4.78 is 1.07. The summed E-state index contributed by atoms with van der Waals surface area (Å²) in [6.45, 7) is 6.08. The quantitative estimate of drug-likeness (QED) is 0.882. The molecule has 1 aliphatic rings. The maximum absolute atomic E-state index is 12.7. The third kappa shape index (κ3) is 3.67. The molecule has 1 aromatic rings. The fourth-order valence-electron chi connectivity index (χ4n) is 2.20. The SMILES string of the molecule is CNc1ncc(Br)cc1C(=O)N1CCSC(C)(C)CC1. The number of thioether (sulfide) groups is 1. The number of anilines is 1. The van der Waals surface area contributed by atoms with Gasteiger partial charge in [0, 0.05) is 41.3 Å². The highest BCUT2D eigenvalue weighted by molar-refractivity contribution is 9.10. The van der Waals surface area contributed by atoms with Crippen LogP contribution in [0, 0.1) is 0 Å². The second kappa shape index (κ2) is 6.35. The van der Waals surface area contributed by atoms with Gasteiger partial charge < -0.3 is 10.2 Å². The van der Waals surface area contributed by atoms with Crippen molar-refractivity contribution in [2.24, 2.45) is 0 Å². The highest BCUT2D eigenvalue weighted by Gasteiger charge is 2.27. The van der Waals surface area contributed by atoms with E-state index in [1.807, 2.05) is 22.7 Å². The second-order valence-electron chi connectivity index (χ2n) is 5.45. The van der Waals surface area contributed by atoms with E-state index in [0.29, 0.717) is 11.4 Å². The van der Waals surface area contributed by atoms with Gasteiger partial charge in [0.15, 0.2) is 0 Å². The van der Waals surface area contributed by atoms with Crippen molar-refractivity contribution >= 4 is 39.4 Å². The molecule has 4 nitrogen and oxygen atoms in total. The average molecular weight is 358 g/mol. The second-order valence-corrected chi connectivity index (χ2v) is 8.17. The molecule has 0 unspecified atom stereocenters. The van der Waals surface area contributed by atoms with Crippen LogP contribution in [0.2, 0.25) is 0 Å². The van der Waals surface area contributed by atoms with E-state index in [1.165, 1.54) is 0 Å². The molecule has 0 radical (unpaired) electrons. The van der Waals surface area contributed by atoms with Crippen LogP contribution < -0.4 is 5.32 Å². The maximum Gasteiger partial charge on any atom is 0.257 e. The van der Waals surface area contributed by atoms with Crippen LogP contribution in [0.15, 0.2) is 16.7 Å². The van der Waals surface area contributed by atoms with Crippen molar-refractivity contribution in [3.63, 3.8) is 0 Å². The Labute approximate surface area is 132 Å². The van der Waals surface area contributed by atoms with Crippen molar-refractivity contribution in [2.45, 2.75) is 25.0 Å². The summed E-state index contributed by atoms with van der Waals surface area (Å²) in [6.07, 6.45) is 2.71. The van der Waals surface area contributed by atoms with E-state index < -0.39 is 0 Å². The van der Waals surface area contributed by atoms with E-state index in [2.05, 4.69) is 40.1 Å². The maximum atomic E-state index is 12.7. The molecule has 6 heteroatoms. The monoisotopic (exact) mass is 357 g/mol. The zero-order valence-corrected chi connectivity index (χ0v) is 14.5. The first-order valence-corrected chi connectivity index (χ1v) is 8.47. The Balaban J connectivity index is 2.21. The van der Waals surface area contributed by atoms with Crippen molar-refractivity contribution in [1.29, 1.82) is 0 Å². The number of pyridine rings is 1.